The molecule has 0 atom stereocenters. The van der Waals surface area contributed by atoms with Crippen molar-refractivity contribution in [1.82, 2.24) is 0 Å². The minimum Gasteiger partial charge on any atom is -0.359 e. The van der Waals surface area contributed by atoms with Gasteiger partial charge in [0, 0.05) is 17.2 Å². The summed E-state index contributed by atoms with van der Waals surface area (Å²) in [4.78, 5) is 0. The van der Waals surface area contributed by atoms with Crippen LogP contribution in [0.5, 0.6) is 0 Å². The fourth-order valence-corrected chi connectivity index (χ4v) is 0.865. The average molecular weight is 155 g/mol. The maximum Gasteiger partial charge on any atom is 0.0264 e. The second-order valence-electron chi connectivity index (χ2n) is 2.22. The van der Waals surface area contributed by atoms with Crippen molar-refractivity contribution in [3.63, 3.8) is 0 Å². The van der Waals surface area contributed by atoms with E-state index in [1.54, 1.807) is 0 Å². The van der Waals surface area contributed by atoms with Crippen molar-refractivity contribution < 1.29 is 0 Å². The Morgan fingerprint density at radius 3 is 1.92 bits per heavy atom. The molecule has 0 aromatic heterocycles. The molecule has 0 aliphatic carbocycles. The predicted molar refractivity (Wildman–Crippen MR) is 50.1 cm³/mol. The molecule has 2 N–H and O–H groups in total. The topological polar surface area (TPSA) is 26.0 Å². The van der Waals surface area contributed by atoms with Gasteiger partial charge in [-0.3, -0.25) is 0 Å². The van der Waals surface area contributed by atoms with Gasteiger partial charge in [-0.05, 0) is 37.1 Å². The third-order valence-electron chi connectivity index (χ3n) is 1.37. The van der Waals surface area contributed by atoms with Crippen LogP contribution in [-0.4, -0.2) is 0 Å². The zero-order chi connectivity index (χ0) is 8.81. The zero-order valence-electron chi connectivity index (χ0n) is 6.89. The monoisotopic (exact) mass is 155 g/mol. The number of rotatable bonds is 0. The van der Waals surface area contributed by atoms with Gasteiger partial charge in [-0.25, -0.2) is 0 Å². The van der Waals surface area contributed by atoms with E-state index in [4.69, 9.17) is 5.73 Å². The van der Waals surface area contributed by atoms with E-state index in [2.05, 4.69) is 23.8 Å². The maximum absolute atomic E-state index is 5.07. The van der Waals surface area contributed by atoms with Crippen LogP contribution in [-0.2, 0) is 0 Å². The SMILES string of the molecule is CC#Cc1ccc(C#CN)cc1. The molecule has 0 saturated carbocycles. The van der Waals surface area contributed by atoms with Crippen molar-refractivity contribution in [1.29, 1.82) is 0 Å². The molecule has 12 heavy (non-hydrogen) atoms. The largest absolute Gasteiger partial charge is 0.359 e. The van der Waals surface area contributed by atoms with Gasteiger partial charge >= 0.3 is 0 Å². The Kier molecular flexibility index (Phi) is 2.82. The van der Waals surface area contributed by atoms with E-state index < -0.39 is 0 Å². The molecule has 0 aliphatic heterocycles. The van der Waals surface area contributed by atoms with E-state index in [-0.39, 0.29) is 0 Å². The quantitative estimate of drug-likeness (QED) is 0.444. The lowest BCUT2D eigenvalue weighted by molar-refractivity contribution is 1.59. The summed E-state index contributed by atoms with van der Waals surface area (Å²) < 4.78 is 0. The van der Waals surface area contributed by atoms with Gasteiger partial charge in [0.1, 0.15) is 0 Å². The maximum atomic E-state index is 5.07. The van der Waals surface area contributed by atoms with E-state index in [0.717, 1.165) is 11.1 Å². The molecule has 0 fully saturated rings. The smallest absolute Gasteiger partial charge is 0.0264 e. The average Bonchev–Trinajstić information content (AvgIpc) is 2.09. The predicted octanol–water partition coefficient (Wildman–Crippen LogP) is 1.33. The van der Waals surface area contributed by atoms with Crippen LogP contribution >= 0.6 is 0 Å². The number of hydrogen-bond donors (Lipinski definition) is 1. The standard InChI is InChI=1S/C11H9N/c1-2-3-10-4-6-11(7-5-10)8-9-12/h4-7H,12H2,1H3. The molecule has 1 rings (SSSR count). The molecule has 1 nitrogen and oxygen atoms in total. The summed E-state index contributed by atoms with van der Waals surface area (Å²) in [6.45, 7) is 1.81. The molecule has 0 heterocycles. The summed E-state index contributed by atoms with van der Waals surface area (Å²) in [6, 6.07) is 10.0. The van der Waals surface area contributed by atoms with Crippen molar-refractivity contribution in [2.24, 2.45) is 5.73 Å². The normalized spacial score (nSPS) is 7.42. The summed E-state index contributed by atoms with van der Waals surface area (Å²) in [5.74, 6) is 8.53. The van der Waals surface area contributed by atoms with E-state index in [9.17, 15) is 0 Å². The zero-order valence-corrected chi connectivity index (χ0v) is 6.89. The van der Waals surface area contributed by atoms with Crippen molar-refractivity contribution in [2.75, 3.05) is 0 Å². The van der Waals surface area contributed by atoms with Crippen LogP contribution in [0.1, 0.15) is 18.1 Å². The second-order valence-corrected chi connectivity index (χ2v) is 2.22. The van der Waals surface area contributed by atoms with E-state index in [1.165, 1.54) is 0 Å². The molecule has 1 aromatic rings. The summed E-state index contributed by atoms with van der Waals surface area (Å²) in [7, 11) is 0. The highest BCUT2D eigenvalue weighted by atomic mass is 14.5. The Labute approximate surface area is 72.6 Å². The lowest BCUT2D eigenvalue weighted by atomic mass is 10.1. The van der Waals surface area contributed by atoms with Crippen LogP contribution in [0.4, 0.5) is 0 Å². The molecular weight excluding hydrogens is 146 g/mol. The van der Waals surface area contributed by atoms with E-state index in [0.29, 0.717) is 0 Å². The van der Waals surface area contributed by atoms with Crippen LogP contribution in [0, 0.1) is 23.8 Å². The van der Waals surface area contributed by atoms with Gasteiger partial charge in [0.2, 0.25) is 0 Å². The lowest BCUT2D eigenvalue weighted by Gasteiger charge is -1.90. The number of nitrogens with two attached hydrogens (primary N) is 1. The molecule has 0 spiro atoms. The first-order valence-corrected chi connectivity index (χ1v) is 3.61. The van der Waals surface area contributed by atoms with Crippen molar-refractivity contribution in [3.8, 4) is 23.8 Å². The molecule has 0 radical (unpaired) electrons. The second kappa shape index (κ2) is 4.11. The molecule has 0 bridgehead atoms. The molecule has 58 valence electrons. The fraction of sp³-hybridized carbons (Fsp3) is 0.0909. The Hall–Kier alpha value is -1.86. The highest BCUT2D eigenvalue weighted by Crippen LogP contribution is 2.00. The van der Waals surface area contributed by atoms with E-state index >= 15 is 0 Å². The Balaban J connectivity index is 2.95. The van der Waals surface area contributed by atoms with Gasteiger partial charge in [-0.1, -0.05) is 5.92 Å². The van der Waals surface area contributed by atoms with Gasteiger partial charge < -0.3 is 5.73 Å². The fourth-order valence-electron chi connectivity index (χ4n) is 0.865. The van der Waals surface area contributed by atoms with Crippen LogP contribution in [0.25, 0.3) is 0 Å². The molecular formula is C11H9N. The number of hydrogen-bond acceptors (Lipinski definition) is 1. The Morgan fingerprint density at radius 1 is 1.00 bits per heavy atom. The van der Waals surface area contributed by atoms with Crippen molar-refractivity contribution in [2.45, 2.75) is 6.92 Å². The first kappa shape index (κ1) is 8.24. The van der Waals surface area contributed by atoms with Crippen LogP contribution < -0.4 is 5.73 Å². The molecule has 0 amide bonds. The van der Waals surface area contributed by atoms with Gasteiger partial charge in [-0.15, -0.1) is 5.92 Å². The molecule has 0 saturated heterocycles. The first-order valence-electron chi connectivity index (χ1n) is 3.61. The highest BCUT2D eigenvalue weighted by Gasteiger charge is 1.86. The van der Waals surface area contributed by atoms with Crippen molar-refractivity contribution >= 4 is 0 Å². The number of benzene rings is 1. The van der Waals surface area contributed by atoms with Gasteiger partial charge in [0.25, 0.3) is 0 Å². The van der Waals surface area contributed by atoms with Crippen molar-refractivity contribution in [3.05, 3.63) is 35.4 Å². The molecule has 0 unspecified atom stereocenters. The molecule has 1 aromatic carbocycles. The molecule has 0 aliphatic rings. The summed E-state index contributed by atoms with van der Waals surface area (Å²) in [5, 5.41) is 0. The minimum atomic E-state index is 0.916. The minimum absolute atomic E-state index is 0.916. The first-order chi connectivity index (χ1) is 5.86. The summed E-state index contributed by atoms with van der Waals surface area (Å²) in [5.41, 5.74) is 6.98. The van der Waals surface area contributed by atoms with Gasteiger partial charge in [0.15, 0.2) is 0 Å². The highest BCUT2D eigenvalue weighted by molar-refractivity contribution is 5.41. The van der Waals surface area contributed by atoms with Crippen LogP contribution in [0.15, 0.2) is 24.3 Å². The van der Waals surface area contributed by atoms with Gasteiger partial charge in [0.05, 0.1) is 0 Å². The summed E-state index contributed by atoms with van der Waals surface area (Å²) >= 11 is 0. The summed E-state index contributed by atoms with van der Waals surface area (Å²) in [6.07, 6.45) is 0. The lowest BCUT2D eigenvalue weighted by Crippen LogP contribution is -1.80. The Morgan fingerprint density at radius 2 is 1.50 bits per heavy atom. The third-order valence-corrected chi connectivity index (χ3v) is 1.37. The van der Waals surface area contributed by atoms with E-state index in [1.807, 2.05) is 31.2 Å². The molecule has 1 heteroatoms. The third kappa shape index (κ3) is 2.08. The van der Waals surface area contributed by atoms with Crippen LogP contribution in [0.2, 0.25) is 0 Å². The van der Waals surface area contributed by atoms with Crippen LogP contribution in [0.3, 0.4) is 0 Å². The van der Waals surface area contributed by atoms with Gasteiger partial charge in [-0.2, -0.15) is 0 Å². The Bertz CT molecular complexity index is 326.